The number of ether oxygens (including phenoxy) is 2. The van der Waals surface area contributed by atoms with Crippen LogP contribution in [0, 0.1) is 0 Å². The molecule has 0 spiro atoms. The van der Waals surface area contributed by atoms with Crippen molar-refractivity contribution >= 4 is 98.8 Å². The van der Waals surface area contributed by atoms with Gasteiger partial charge in [-0.2, -0.15) is 0 Å². The Morgan fingerprint density at radius 2 is 0.622 bits per heavy atom. The van der Waals surface area contributed by atoms with E-state index in [0.29, 0.717) is 13.2 Å². The zero-order valence-electron chi connectivity index (χ0n) is 48.7. The summed E-state index contributed by atoms with van der Waals surface area (Å²) in [5, 5.41) is 15.1. The van der Waals surface area contributed by atoms with Crippen LogP contribution in [0.25, 0.3) is 86.9 Å². The molecule has 13 aromatic rings. The molecule has 13 rings (SSSR count). The number of benzene rings is 11. The standard InChI is InChI=1S/C78H72N2O2/c1-9-11-49-81-59-41-37-57(38-42-59)79(55-33-29-53(30-34-55)77(3,4)5)67-47-45-65-71-61(67)25-19-27-63(71)73-69(51-21-15-13-16-22-51)76-66-46-48-68(62-26-20-28-64(72(62)66)74(76)70(75(65)73)52-23-17-14-18-24-52)80(56-35-31-54(32-36-56)78(6,7)8)58-39-43-60(44-40-58)82-50-12-10-2/h13-48H,9-12,49-50H2,1-8H3. The van der Waals surface area contributed by atoms with Crippen molar-refractivity contribution in [2.75, 3.05) is 23.0 Å². The van der Waals surface area contributed by atoms with E-state index in [0.717, 1.165) is 71.3 Å². The molecule has 82 heavy (non-hydrogen) atoms. The van der Waals surface area contributed by atoms with E-state index in [4.69, 9.17) is 9.47 Å². The SMILES string of the molecule is CCCCOc1ccc(N(c2ccc(C(C)(C)C)cc2)c2ccc3c4c(-c5ccccc5)c5c6cccc7c(N(c8ccc(OCCCC)cc8)c8ccc(C(C)(C)C)cc8)ccc(c5c(-c5ccccc5)c4c4cccc2c43)c76)cc1. The molecule has 0 aromatic heterocycles. The predicted octanol–water partition coefficient (Wildman–Crippen LogP) is 22.7. The van der Waals surface area contributed by atoms with Crippen molar-refractivity contribution < 1.29 is 9.47 Å². The summed E-state index contributed by atoms with van der Waals surface area (Å²) in [5.74, 6) is 1.78. The molecule has 13 aromatic carbocycles. The fraction of sp³-hybridized carbons (Fsp3) is 0.205. The molecule has 4 nitrogen and oxygen atoms in total. The van der Waals surface area contributed by atoms with Crippen molar-refractivity contribution in [3.05, 3.63) is 230 Å². The molecule has 0 aliphatic heterocycles. The van der Waals surface area contributed by atoms with E-state index >= 15 is 0 Å². The average Bonchev–Trinajstić information content (AvgIpc) is 1.81. The van der Waals surface area contributed by atoms with Crippen LogP contribution in [0.4, 0.5) is 34.1 Å². The van der Waals surface area contributed by atoms with Crippen molar-refractivity contribution in [1.82, 2.24) is 0 Å². The van der Waals surface area contributed by atoms with E-state index in [1.807, 2.05) is 0 Å². The second-order valence-corrected chi connectivity index (χ2v) is 24.4. The van der Waals surface area contributed by atoms with E-state index in [1.54, 1.807) is 0 Å². The maximum atomic E-state index is 6.22. The van der Waals surface area contributed by atoms with Gasteiger partial charge in [0.05, 0.1) is 24.6 Å². The summed E-state index contributed by atoms with van der Waals surface area (Å²) in [5.41, 5.74) is 14.2. The van der Waals surface area contributed by atoms with Gasteiger partial charge < -0.3 is 19.3 Å². The third-order valence-electron chi connectivity index (χ3n) is 16.9. The van der Waals surface area contributed by atoms with Gasteiger partial charge in [-0.1, -0.05) is 202 Å². The fourth-order valence-corrected chi connectivity index (χ4v) is 12.7. The van der Waals surface area contributed by atoms with Gasteiger partial charge >= 0.3 is 0 Å². The summed E-state index contributed by atoms with van der Waals surface area (Å²) < 4.78 is 12.4. The Labute approximate surface area is 483 Å². The lowest BCUT2D eigenvalue weighted by Crippen LogP contribution is -2.13. The zero-order chi connectivity index (χ0) is 56.3. The number of rotatable bonds is 16. The summed E-state index contributed by atoms with van der Waals surface area (Å²) in [6.45, 7) is 19.5. The minimum absolute atomic E-state index is 0.0196. The first kappa shape index (κ1) is 52.5. The largest absolute Gasteiger partial charge is 0.494 e. The van der Waals surface area contributed by atoms with Gasteiger partial charge in [0.2, 0.25) is 0 Å². The van der Waals surface area contributed by atoms with Gasteiger partial charge in [0.15, 0.2) is 0 Å². The monoisotopic (exact) mass is 1070 g/mol. The maximum absolute atomic E-state index is 6.22. The van der Waals surface area contributed by atoms with Crippen molar-refractivity contribution in [3.63, 3.8) is 0 Å². The highest BCUT2D eigenvalue weighted by Gasteiger charge is 2.30. The molecule has 0 saturated carbocycles. The van der Waals surface area contributed by atoms with E-state index in [9.17, 15) is 0 Å². The van der Waals surface area contributed by atoms with Crippen molar-refractivity contribution in [2.24, 2.45) is 0 Å². The molecule has 0 heterocycles. The summed E-state index contributed by atoms with van der Waals surface area (Å²) in [4.78, 5) is 4.88. The molecule has 0 aliphatic carbocycles. The predicted molar refractivity (Wildman–Crippen MR) is 352 cm³/mol. The number of hydrogen-bond acceptors (Lipinski definition) is 4. The lowest BCUT2D eigenvalue weighted by Gasteiger charge is -2.28. The average molecular weight is 1070 g/mol. The van der Waals surface area contributed by atoms with Gasteiger partial charge in [-0.3, -0.25) is 0 Å². The normalized spacial score (nSPS) is 12.2. The molecule has 4 heteroatoms. The van der Waals surface area contributed by atoms with Crippen LogP contribution in [0.5, 0.6) is 11.5 Å². The van der Waals surface area contributed by atoms with Crippen LogP contribution < -0.4 is 19.3 Å². The number of hydrogen-bond donors (Lipinski definition) is 0. The molecule has 0 unspecified atom stereocenters. The Bertz CT molecular complexity index is 4040. The molecule has 0 atom stereocenters. The van der Waals surface area contributed by atoms with Gasteiger partial charge in [-0.25, -0.2) is 0 Å². The number of nitrogens with zero attached hydrogens (tertiary/aromatic N) is 2. The van der Waals surface area contributed by atoms with Crippen LogP contribution in [0.15, 0.2) is 218 Å². The summed E-state index contributed by atoms with van der Waals surface area (Å²) in [6, 6.07) is 81.7. The molecule has 0 saturated heterocycles. The molecule has 0 aliphatic rings. The van der Waals surface area contributed by atoms with E-state index in [1.165, 1.54) is 98.0 Å². The van der Waals surface area contributed by atoms with E-state index < -0.39 is 0 Å². The first-order valence-corrected chi connectivity index (χ1v) is 29.7. The molecule has 0 fully saturated rings. The van der Waals surface area contributed by atoms with Crippen molar-refractivity contribution in [2.45, 2.75) is 91.9 Å². The van der Waals surface area contributed by atoms with Crippen molar-refractivity contribution in [3.8, 4) is 33.8 Å². The lowest BCUT2D eigenvalue weighted by atomic mass is 9.87. The molecule has 0 amide bonds. The second kappa shape index (κ2) is 21.2. The Morgan fingerprint density at radius 1 is 0.305 bits per heavy atom. The zero-order valence-corrected chi connectivity index (χ0v) is 48.7. The van der Waals surface area contributed by atoms with Crippen LogP contribution in [0.1, 0.15) is 92.2 Å². The topological polar surface area (TPSA) is 24.9 Å². The first-order valence-electron chi connectivity index (χ1n) is 29.7. The Balaban J connectivity index is 1.10. The highest BCUT2D eigenvalue weighted by Crippen LogP contribution is 2.58. The molecule has 0 bridgehead atoms. The number of fused-ring (bicyclic) bond motifs is 6. The third kappa shape index (κ3) is 9.19. The summed E-state index contributed by atoms with van der Waals surface area (Å²) in [7, 11) is 0. The third-order valence-corrected chi connectivity index (χ3v) is 16.9. The van der Waals surface area contributed by atoms with Gasteiger partial charge in [0, 0.05) is 33.5 Å². The van der Waals surface area contributed by atoms with Crippen LogP contribution in [0.2, 0.25) is 0 Å². The molecular formula is C78H72N2O2. The first-order chi connectivity index (χ1) is 39.9. The second-order valence-electron chi connectivity index (χ2n) is 24.4. The molecule has 0 radical (unpaired) electrons. The lowest BCUT2D eigenvalue weighted by molar-refractivity contribution is 0.309. The Kier molecular flexibility index (Phi) is 13.6. The smallest absolute Gasteiger partial charge is 0.119 e. The highest BCUT2D eigenvalue weighted by molar-refractivity contribution is 6.47. The quantitative estimate of drug-likeness (QED) is 0.0901. The maximum Gasteiger partial charge on any atom is 0.119 e. The minimum atomic E-state index is 0.0196. The van der Waals surface area contributed by atoms with Crippen LogP contribution in [-0.4, -0.2) is 13.2 Å². The van der Waals surface area contributed by atoms with E-state index in [-0.39, 0.29) is 10.8 Å². The molecule has 406 valence electrons. The molecule has 0 N–H and O–H groups in total. The van der Waals surface area contributed by atoms with Gasteiger partial charge in [-0.15, -0.1) is 0 Å². The van der Waals surface area contributed by atoms with Crippen LogP contribution in [0.3, 0.4) is 0 Å². The highest BCUT2D eigenvalue weighted by atomic mass is 16.5. The molecular weight excluding hydrogens is 997 g/mol. The van der Waals surface area contributed by atoms with Crippen LogP contribution in [-0.2, 0) is 10.8 Å². The summed E-state index contributed by atoms with van der Waals surface area (Å²) >= 11 is 0. The summed E-state index contributed by atoms with van der Waals surface area (Å²) in [6.07, 6.45) is 4.24. The van der Waals surface area contributed by atoms with E-state index in [2.05, 4.69) is 284 Å². The van der Waals surface area contributed by atoms with Crippen molar-refractivity contribution in [1.29, 1.82) is 0 Å². The van der Waals surface area contributed by atoms with Gasteiger partial charge in [0.1, 0.15) is 11.5 Å². The Morgan fingerprint density at radius 3 is 0.951 bits per heavy atom. The Hall–Kier alpha value is -8.86. The van der Waals surface area contributed by atoms with Gasteiger partial charge in [-0.05, 0) is 196 Å². The number of anilines is 6. The van der Waals surface area contributed by atoms with Gasteiger partial charge in [0.25, 0.3) is 0 Å². The number of unbranched alkanes of at least 4 members (excludes halogenated alkanes) is 2. The minimum Gasteiger partial charge on any atom is -0.494 e. The fourth-order valence-electron chi connectivity index (χ4n) is 12.7. The van der Waals surface area contributed by atoms with Crippen LogP contribution >= 0.6 is 0 Å².